The summed E-state index contributed by atoms with van der Waals surface area (Å²) in [4.78, 5) is 30.4. The van der Waals surface area contributed by atoms with Crippen LogP contribution in [0.3, 0.4) is 0 Å². The van der Waals surface area contributed by atoms with Crippen molar-refractivity contribution in [3.05, 3.63) is 77.0 Å². The van der Waals surface area contributed by atoms with E-state index >= 15 is 0 Å². The second kappa shape index (κ2) is 10.7. The van der Waals surface area contributed by atoms with Gasteiger partial charge in [-0.15, -0.1) is 0 Å². The summed E-state index contributed by atoms with van der Waals surface area (Å²) in [6.45, 7) is 2.54. The molecule has 0 fully saturated rings. The molecule has 2 amide bonds. The quantitative estimate of drug-likeness (QED) is 0.537. The summed E-state index contributed by atoms with van der Waals surface area (Å²) in [6.07, 6.45) is 1.84. The Morgan fingerprint density at radius 3 is 2.61 bits per heavy atom. The lowest BCUT2D eigenvalue weighted by Crippen LogP contribution is -2.40. The number of nitrogens with zero attached hydrogens (tertiary/aromatic N) is 2. The van der Waals surface area contributed by atoms with E-state index in [0.29, 0.717) is 35.3 Å². The maximum Gasteiger partial charge on any atom is 0.239 e. The van der Waals surface area contributed by atoms with Gasteiger partial charge in [0.1, 0.15) is 5.82 Å². The van der Waals surface area contributed by atoms with Crippen LogP contribution in [0, 0.1) is 5.82 Å². The van der Waals surface area contributed by atoms with E-state index in [2.05, 4.69) is 10.3 Å². The molecule has 8 heteroatoms. The third kappa shape index (κ3) is 6.39. The number of hydrogen-bond acceptors (Lipinski definition) is 4. The van der Waals surface area contributed by atoms with Crippen LogP contribution in [-0.2, 0) is 22.6 Å². The minimum atomic E-state index is -0.400. The molecule has 6 nitrogen and oxygen atoms in total. The lowest BCUT2D eigenvalue weighted by molar-refractivity contribution is -0.135. The fourth-order valence-corrected chi connectivity index (χ4v) is 3.12. The first-order valence-electron chi connectivity index (χ1n) is 9.94. The van der Waals surface area contributed by atoms with Gasteiger partial charge >= 0.3 is 0 Å². The molecule has 1 heterocycles. The normalized spacial score (nSPS) is 10.7. The standard InChI is InChI=1S/C23H23ClFN3O3/c1-2-28(15-21(29)26-13-16-7-9-17(24)10-8-16)23(30)12-11-22-27-14-20(31-22)18-5-3-4-6-19(18)25/h3-10,14H,2,11-13,15H2,1H3,(H,26,29). The molecule has 0 bridgehead atoms. The summed E-state index contributed by atoms with van der Waals surface area (Å²) >= 11 is 5.85. The molecule has 1 N–H and O–H groups in total. The molecule has 0 radical (unpaired) electrons. The summed E-state index contributed by atoms with van der Waals surface area (Å²) in [5.41, 5.74) is 1.24. The maximum absolute atomic E-state index is 13.9. The minimum Gasteiger partial charge on any atom is -0.441 e. The molecular weight excluding hydrogens is 421 g/mol. The topological polar surface area (TPSA) is 75.4 Å². The highest BCUT2D eigenvalue weighted by molar-refractivity contribution is 6.30. The predicted octanol–water partition coefficient (Wildman–Crippen LogP) is 4.23. The Kier molecular flexibility index (Phi) is 7.78. The van der Waals surface area contributed by atoms with Crippen molar-refractivity contribution in [2.24, 2.45) is 0 Å². The molecule has 3 aromatic rings. The van der Waals surface area contributed by atoms with Crippen LogP contribution in [0.25, 0.3) is 11.3 Å². The number of likely N-dealkylation sites (N-methyl/N-ethyl adjacent to an activating group) is 1. The predicted molar refractivity (Wildman–Crippen MR) is 116 cm³/mol. The van der Waals surface area contributed by atoms with Crippen molar-refractivity contribution >= 4 is 23.4 Å². The van der Waals surface area contributed by atoms with Crippen LogP contribution in [0.5, 0.6) is 0 Å². The van der Waals surface area contributed by atoms with E-state index in [-0.39, 0.29) is 31.2 Å². The minimum absolute atomic E-state index is 0.0328. The Bertz CT molecular complexity index is 1040. The third-order valence-electron chi connectivity index (χ3n) is 4.72. The molecule has 2 aromatic carbocycles. The summed E-state index contributed by atoms with van der Waals surface area (Å²) in [5.74, 6) is -0.176. The highest BCUT2D eigenvalue weighted by atomic mass is 35.5. The highest BCUT2D eigenvalue weighted by Crippen LogP contribution is 2.23. The number of halogens is 2. The molecule has 3 rings (SSSR count). The molecule has 162 valence electrons. The average molecular weight is 444 g/mol. The van der Waals surface area contributed by atoms with Crippen LogP contribution < -0.4 is 5.32 Å². The maximum atomic E-state index is 13.9. The van der Waals surface area contributed by atoms with Gasteiger partial charge in [-0.25, -0.2) is 9.37 Å². The van der Waals surface area contributed by atoms with E-state index in [4.69, 9.17) is 16.0 Å². The fraction of sp³-hybridized carbons (Fsp3) is 0.261. The summed E-state index contributed by atoms with van der Waals surface area (Å²) in [6, 6.07) is 13.4. The van der Waals surface area contributed by atoms with Crippen molar-refractivity contribution in [1.82, 2.24) is 15.2 Å². The molecule has 0 aliphatic heterocycles. The van der Waals surface area contributed by atoms with Crippen LogP contribution in [-0.4, -0.2) is 34.8 Å². The van der Waals surface area contributed by atoms with E-state index < -0.39 is 5.82 Å². The zero-order chi connectivity index (χ0) is 22.2. The number of amides is 2. The first kappa shape index (κ1) is 22.5. The largest absolute Gasteiger partial charge is 0.441 e. The van der Waals surface area contributed by atoms with Crippen LogP contribution in [0.2, 0.25) is 5.02 Å². The van der Waals surface area contributed by atoms with E-state index in [9.17, 15) is 14.0 Å². The van der Waals surface area contributed by atoms with Crippen molar-refractivity contribution in [3.63, 3.8) is 0 Å². The number of aromatic nitrogens is 1. The van der Waals surface area contributed by atoms with Crippen molar-refractivity contribution in [2.45, 2.75) is 26.3 Å². The first-order valence-corrected chi connectivity index (χ1v) is 10.3. The number of benzene rings is 2. The average Bonchev–Trinajstić information content (AvgIpc) is 3.24. The molecule has 0 aliphatic carbocycles. The Balaban J connectivity index is 1.49. The fourth-order valence-electron chi connectivity index (χ4n) is 2.99. The molecule has 1 aromatic heterocycles. The zero-order valence-corrected chi connectivity index (χ0v) is 17.9. The summed E-state index contributed by atoms with van der Waals surface area (Å²) < 4.78 is 19.4. The molecular formula is C23H23ClFN3O3. The van der Waals surface area contributed by atoms with Gasteiger partial charge in [0.25, 0.3) is 0 Å². The van der Waals surface area contributed by atoms with Crippen molar-refractivity contribution in [3.8, 4) is 11.3 Å². The number of carbonyl (C=O) groups excluding carboxylic acids is 2. The van der Waals surface area contributed by atoms with Gasteiger partial charge in [0, 0.05) is 31.0 Å². The van der Waals surface area contributed by atoms with E-state index in [0.717, 1.165) is 5.56 Å². The number of aryl methyl sites for hydroxylation is 1. The lowest BCUT2D eigenvalue weighted by Gasteiger charge is -2.20. The second-order valence-electron chi connectivity index (χ2n) is 6.91. The molecule has 0 atom stereocenters. The second-order valence-corrected chi connectivity index (χ2v) is 7.35. The SMILES string of the molecule is CCN(CC(=O)NCc1ccc(Cl)cc1)C(=O)CCc1ncc(-c2ccccc2F)o1. The smallest absolute Gasteiger partial charge is 0.239 e. The van der Waals surface area contributed by atoms with Gasteiger partial charge in [-0.1, -0.05) is 35.9 Å². The number of carbonyl (C=O) groups is 2. The van der Waals surface area contributed by atoms with Gasteiger partial charge in [0.2, 0.25) is 11.8 Å². The number of nitrogens with one attached hydrogen (secondary N) is 1. The third-order valence-corrected chi connectivity index (χ3v) is 4.97. The van der Waals surface area contributed by atoms with Crippen LogP contribution >= 0.6 is 11.6 Å². The highest BCUT2D eigenvalue weighted by Gasteiger charge is 2.17. The Morgan fingerprint density at radius 2 is 1.90 bits per heavy atom. The summed E-state index contributed by atoms with van der Waals surface area (Å²) in [5, 5.41) is 3.43. The molecule has 0 saturated heterocycles. The van der Waals surface area contributed by atoms with E-state index in [1.165, 1.54) is 17.2 Å². The Morgan fingerprint density at radius 1 is 1.16 bits per heavy atom. The van der Waals surface area contributed by atoms with Gasteiger partial charge in [-0.05, 0) is 36.8 Å². The van der Waals surface area contributed by atoms with Gasteiger partial charge < -0.3 is 14.6 Å². The van der Waals surface area contributed by atoms with Gasteiger partial charge in [0.15, 0.2) is 11.7 Å². The lowest BCUT2D eigenvalue weighted by atomic mass is 10.2. The molecule has 0 aliphatic rings. The van der Waals surface area contributed by atoms with Crippen molar-refractivity contribution in [1.29, 1.82) is 0 Å². The Hall–Kier alpha value is -3.19. The number of hydrogen-bond donors (Lipinski definition) is 1. The van der Waals surface area contributed by atoms with E-state index in [1.807, 2.05) is 19.1 Å². The van der Waals surface area contributed by atoms with Gasteiger partial charge in [-0.2, -0.15) is 0 Å². The summed E-state index contributed by atoms with van der Waals surface area (Å²) in [7, 11) is 0. The molecule has 0 spiro atoms. The number of rotatable bonds is 9. The molecule has 31 heavy (non-hydrogen) atoms. The van der Waals surface area contributed by atoms with E-state index in [1.54, 1.807) is 30.3 Å². The van der Waals surface area contributed by atoms with Crippen LogP contribution in [0.15, 0.2) is 59.1 Å². The van der Waals surface area contributed by atoms with Gasteiger partial charge in [-0.3, -0.25) is 9.59 Å². The monoisotopic (exact) mass is 443 g/mol. The van der Waals surface area contributed by atoms with Gasteiger partial charge in [0.05, 0.1) is 18.3 Å². The Labute approximate surface area is 185 Å². The molecule has 0 saturated carbocycles. The van der Waals surface area contributed by atoms with Crippen LogP contribution in [0.1, 0.15) is 24.8 Å². The first-order chi connectivity index (χ1) is 15.0. The van der Waals surface area contributed by atoms with Crippen molar-refractivity contribution < 1.29 is 18.4 Å². The zero-order valence-electron chi connectivity index (χ0n) is 17.1. The van der Waals surface area contributed by atoms with Crippen molar-refractivity contribution in [2.75, 3.05) is 13.1 Å². The molecule has 0 unspecified atom stereocenters. The number of oxazole rings is 1. The van der Waals surface area contributed by atoms with Crippen LogP contribution in [0.4, 0.5) is 4.39 Å².